The lowest BCUT2D eigenvalue weighted by atomic mass is 10.1. The maximum absolute atomic E-state index is 12.1. The Bertz CT molecular complexity index is 656. The van der Waals surface area contributed by atoms with Crippen LogP contribution in [0.3, 0.4) is 0 Å². The van der Waals surface area contributed by atoms with Gasteiger partial charge in [-0.1, -0.05) is 43.4 Å². The van der Waals surface area contributed by atoms with Crippen molar-refractivity contribution in [3.05, 3.63) is 35.7 Å². The maximum atomic E-state index is 12.1. The summed E-state index contributed by atoms with van der Waals surface area (Å²) in [7, 11) is 0. The van der Waals surface area contributed by atoms with E-state index in [0.717, 1.165) is 18.4 Å². The van der Waals surface area contributed by atoms with Gasteiger partial charge in [0.25, 0.3) is 0 Å². The zero-order valence-corrected chi connectivity index (χ0v) is 14.3. The van der Waals surface area contributed by atoms with Crippen LogP contribution in [0.15, 0.2) is 28.7 Å². The van der Waals surface area contributed by atoms with Gasteiger partial charge < -0.3 is 9.73 Å². The van der Waals surface area contributed by atoms with Gasteiger partial charge in [-0.3, -0.25) is 4.79 Å². The quantitative estimate of drug-likeness (QED) is 0.848. The van der Waals surface area contributed by atoms with E-state index in [9.17, 15) is 4.79 Å². The Kier molecular flexibility index (Phi) is 5.62. The molecule has 0 radical (unpaired) electrons. The van der Waals surface area contributed by atoms with Crippen LogP contribution >= 0.6 is 0 Å². The number of nitrogens with zero attached hydrogens (tertiary/aromatic N) is 2. The van der Waals surface area contributed by atoms with Crippen molar-refractivity contribution in [2.75, 3.05) is 0 Å². The van der Waals surface area contributed by atoms with Crippen LogP contribution in [0.2, 0.25) is 0 Å². The summed E-state index contributed by atoms with van der Waals surface area (Å²) in [6, 6.07) is 8.29. The number of aromatic nitrogens is 2. The molecule has 5 heteroatoms. The highest BCUT2D eigenvalue weighted by Crippen LogP contribution is 2.19. The molecule has 0 spiro atoms. The highest BCUT2D eigenvalue weighted by molar-refractivity contribution is 5.76. The molecule has 128 valence electrons. The summed E-state index contributed by atoms with van der Waals surface area (Å²) in [5, 5.41) is 11.3. The molecular formula is C19H25N3O2. The van der Waals surface area contributed by atoms with Gasteiger partial charge in [-0.2, -0.15) is 0 Å². The number of amides is 1. The van der Waals surface area contributed by atoms with Gasteiger partial charge in [0.05, 0.1) is 0 Å². The van der Waals surface area contributed by atoms with E-state index in [1.807, 2.05) is 31.2 Å². The van der Waals surface area contributed by atoms with Gasteiger partial charge in [0, 0.05) is 24.4 Å². The molecule has 1 heterocycles. The van der Waals surface area contributed by atoms with E-state index in [1.54, 1.807) is 0 Å². The molecule has 1 fully saturated rings. The molecule has 2 aromatic rings. The maximum Gasteiger partial charge on any atom is 0.247 e. The first-order chi connectivity index (χ1) is 11.7. The second kappa shape index (κ2) is 8.08. The number of benzene rings is 1. The van der Waals surface area contributed by atoms with Crippen molar-refractivity contribution in [3.8, 4) is 11.5 Å². The molecule has 24 heavy (non-hydrogen) atoms. The highest BCUT2D eigenvalue weighted by atomic mass is 16.4. The normalized spacial score (nSPS) is 15.9. The molecular weight excluding hydrogens is 302 g/mol. The van der Waals surface area contributed by atoms with Crippen molar-refractivity contribution < 1.29 is 9.21 Å². The smallest absolute Gasteiger partial charge is 0.247 e. The number of rotatable bonds is 5. The van der Waals surface area contributed by atoms with Crippen molar-refractivity contribution in [2.24, 2.45) is 0 Å². The van der Waals surface area contributed by atoms with Gasteiger partial charge in [0.1, 0.15) is 0 Å². The minimum absolute atomic E-state index is 0.0805. The molecule has 1 aromatic carbocycles. The molecule has 0 bridgehead atoms. The summed E-state index contributed by atoms with van der Waals surface area (Å²) in [4.78, 5) is 12.1. The molecule has 1 aliphatic carbocycles. The Hall–Kier alpha value is -2.17. The standard InChI is InChI=1S/C19H25N3O2/c1-14-8-10-15(11-9-14)19-22-21-18(24-19)13-12-17(23)20-16-6-4-2-3-5-7-16/h8-11,16H,2-7,12-13H2,1H3,(H,20,23). The Morgan fingerprint density at radius 3 is 2.54 bits per heavy atom. The van der Waals surface area contributed by atoms with Crippen LogP contribution < -0.4 is 5.32 Å². The van der Waals surface area contributed by atoms with Crippen LogP contribution in [0.25, 0.3) is 11.5 Å². The van der Waals surface area contributed by atoms with E-state index in [4.69, 9.17) is 4.42 Å². The van der Waals surface area contributed by atoms with Crippen LogP contribution in [0.1, 0.15) is 56.4 Å². The zero-order valence-electron chi connectivity index (χ0n) is 14.3. The number of aryl methyl sites for hydroxylation is 2. The van der Waals surface area contributed by atoms with E-state index in [1.165, 1.54) is 31.2 Å². The Morgan fingerprint density at radius 2 is 1.83 bits per heavy atom. The monoisotopic (exact) mass is 327 g/mol. The van der Waals surface area contributed by atoms with Gasteiger partial charge in [-0.05, 0) is 31.9 Å². The first-order valence-corrected chi connectivity index (χ1v) is 8.89. The van der Waals surface area contributed by atoms with Crippen molar-refractivity contribution in [3.63, 3.8) is 0 Å². The lowest BCUT2D eigenvalue weighted by Crippen LogP contribution is -2.34. The lowest BCUT2D eigenvalue weighted by Gasteiger charge is -2.15. The van der Waals surface area contributed by atoms with Crippen molar-refractivity contribution in [1.29, 1.82) is 0 Å². The fourth-order valence-corrected chi connectivity index (χ4v) is 3.11. The van der Waals surface area contributed by atoms with Crippen molar-refractivity contribution in [2.45, 2.75) is 64.3 Å². The highest BCUT2D eigenvalue weighted by Gasteiger charge is 2.16. The second-order valence-electron chi connectivity index (χ2n) is 6.62. The Morgan fingerprint density at radius 1 is 1.12 bits per heavy atom. The topological polar surface area (TPSA) is 68.0 Å². The molecule has 1 saturated carbocycles. The van der Waals surface area contributed by atoms with E-state index >= 15 is 0 Å². The van der Waals surface area contributed by atoms with Crippen LogP contribution in [0.5, 0.6) is 0 Å². The van der Waals surface area contributed by atoms with E-state index in [2.05, 4.69) is 15.5 Å². The number of hydrogen-bond donors (Lipinski definition) is 1. The number of carbonyl (C=O) groups excluding carboxylic acids is 1. The van der Waals surface area contributed by atoms with Crippen LogP contribution in [-0.4, -0.2) is 22.1 Å². The zero-order chi connectivity index (χ0) is 16.8. The summed E-state index contributed by atoms with van der Waals surface area (Å²) in [5.41, 5.74) is 2.09. The molecule has 1 aliphatic rings. The molecule has 1 aromatic heterocycles. The Balaban J connectivity index is 1.49. The summed E-state index contributed by atoms with van der Waals surface area (Å²) >= 11 is 0. The fourth-order valence-electron chi connectivity index (χ4n) is 3.11. The molecule has 0 atom stereocenters. The van der Waals surface area contributed by atoms with Crippen LogP contribution in [0, 0.1) is 6.92 Å². The summed E-state index contributed by atoms with van der Waals surface area (Å²) in [5.74, 6) is 1.10. The lowest BCUT2D eigenvalue weighted by molar-refractivity contribution is -0.121. The number of nitrogens with one attached hydrogen (secondary N) is 1. The molecule has 0 aliphatic heterocycles. The number of carbonyl (C=O) groups is 1. The van der Waals surface area contributed by atoms with E-state index in [-0.39, 0.29) is 5.91 Å². The van der Waals surface area contributed by atoms with Gasteiger partial charge in [-0.25, -0.2) is 0 Å². The molecule has 0 saturated heterocycles. The van der Waals surface area contributed by atoms with E-state index in [0.29, 0.717) is 30.7 Å². The third kappa shape index (κ3) is 4.66. The van der Waals surface area contributed by atoms with Gasteiger partial charge in [0.15, 0.2) is 0 Å². The second-order valence-corrected chi connectivity index (χ2v) is 6.62. The number of hydrogen-bond acceptors (Lipinski definition) is 4. The van der Waals surface area contributed by atoms with E-state index < -0.39 is 0 Å². The predicted octanol–water partition coefficient (Wildman–Crippen LogP) is 3.82. The van der Waals surface area contributed by atoms with Gasteiger partial charge >= 0.3 is 0 Å². The van der Waals surface area contributed by atoms with Gasteiger partial charge in [-0.15, -0.1) is 10.2 Å². The first-order valence-electron chi connectivity index (χ1n) is 8.89. The Labute approximate surface area is 142 Å². The van der Waals surface area contributed by atoms with Gasteiger partial charge in [0.2, 0.25) is 17.7 Å². The van der Waals surface area contributed by atoms with Crippen molar-refractivity contribution in [1.82, 2.24) is 15.5 Å². The van der Waals surface area contributed by atoms with Crippen LogP contribution in [-0.2, 0) is 11.2 Å². The van der Waals surface area contributed by atoms with Crippen LogP contribution in [0.4, 0.5) is 0 Å². The predicted molar refractivity (Wildman–Crippen MR) is 92.4 cm³/mol. The minimum atomic E-state index is 0.0805. The molecule has 5 nitrogen and oxygen atoms in total. The van der Waals surface area contributed by atoms with Crippen molar-refractivity contribution >= 4 is 5.91 Å². The molecule has 3 rings (SSSR count). The first kappa shape index (κ1) is 16.7. The molecule has 1 N–H and O–H groups in total. The minimum Gasteiger partial charge on any atom is -0.421 e. The average molecular weight is 327 g/mol. The third-order valence-corrected chi connectivity index (χ3v) is 4.55. The molecule has 1 amide bonds. The summed E-state index contributed by atoms with van der Waals surface area (Å²) < 4.78 is 5.67. The summed E-state index contributed by atoms with van der Waals surface area (Å²) in [6.07, 6.45) is 8.09. The average Bonchev–Trinajstić information content (AvgIpc) is 2.91. The SMILES string of the molecule is Cc1ccc(-c2nnc(CCC(=O)NC3CCCCCC3)o2)cc1. The third-order valence-electron chi connectivity index (χ3n) is 4.55. The largest absolute Gasteiger partial charge is 0.421 e. The fraction of sp³-hybridized carbons (Fsp3) is 0.526. The molecule has 0 unspecified atom stereocenters. The summed E-state index contributed by atoms with van der Waals surface area (Å²) in [6.45, 7) is 2.04.